The van der Waals surface area contributed by atoms with Gasteiger partial charge in [0, 0.05) is 24.8 Å². The summed E-state index contributed by atoms with van der Waals surface area (Å²) in [5.41, 5.74) is 2.02. The smallest absolute Gasteiger partial charge is 0.410 e. The second-order valence-electron chi connectivity index (χ2n) is 7.92. The zero-order valence-electron chi connectivity index (χ0n) is 16.4. The van der Waals surface area contributed by atoms with Crippen molar-refractivity contribution in [1.29, 1.82) is 0 Å². The third-order valence-electron chi connectivity index (χ3n) is 4.40. The lowest BCUT2D eigenvalue weighted by Crippen LogP contribution is -2.41. The van der Waals surface area contributed by atoms with Gasteiger partial charge in [0.15, 0.2) is 0 Å². The fraction of sp³-hybridized carbons (Fsp3) is 0.550. The summed E-state index contributed by atoms with van der Waals surface area (Å²) in [5, 5.41) is 8.99. The highest BCUT2D eigenvalue weighted by molar-refractivity contribution is 7.98. The van der Waals surface area contributed by atoms with Gasteiger partial charge >= 0.3 is 6.09 Å². The highest BCUT2D eigenvalue weighted by atomic mass is 32.2. The molecule has 0 unspecified atom stereocenters. The Morgan fingerprint density at radius 1 is 1.22 bits per heavy atom. The molecule has 0 atom stereocenters. The molecule has 1 amide bonds. The van der Waals surface area contributed by atoms with Gasteiger partial charge in [-0.1, -0.05) is 41.6 Å². The maximum atomic E-state index is 12.2. The minimum absolute atomic E-state index is 0.199. The molecule has 1 aliphatic heterocycles. The predicted molar refractivity (Wildman–Crippen MR) is 105 cm³/mol. The van der Waals surface area contributed by atoms with Gasteiger partial charge in [-0.25, -0.2) is 4.79 Å². The fourth-order valence-electron chi connectivity index (χ4n) is 2.91. The largest absolute Gasteiger partial charge is 0.444 e. The van der Waals surface area contributed by atoms with E-state index in [9.17, 15) is 4.79 Å². The average molecular weight is 390 g/mol. The lowest BCUT2D eigenvalue weighted by Gasteiger charge is -2.32. The molecule has 2 aromatic rings. The van der Waals surface area contributed by atoms with Gasteiger partial charge in [0.2, 0.25) is 5.89 Å². The van der Waals surface area contributed by atoms with E-state index in [1.807, 2.05) is 20.8 Å². The van der Waals surface area contributed by atoms with Gasteiger partial charge < -0.3 is 14.1 Å². The summed E-state index contributed by atoms with van der Waals surface area (Å²) in [6, 6.07) is 8.44. The van der Waals surface area contributed by atoms with Crippen molar-refractivity contribution in [2.75, 3.05) is 13.1 Å². The van der Waals surface area contributed by atoms with Crippen molar-refractivity contribution in [2.24, 2.45) is 0 Å². The van der Waals surface area contributed by atoms with Gasteiger partial charge in [0.25, 0.3) is 5.22 Å². The Morgan fingerprint density at radius 2 is 1.89 bits per heavy atom. The molecule has 0 bridgehead atoms. The van der Waals surface area contributed by atoms with Crippen LogP contribution in [0, 0.1) is 6.92 Å². The second-order valence-corrected chi connectivity index (χ2v) is 8.85. The molecule has 1 aromatic heterocycles. The van der Waals surface area contributed by atoms with Crippen LogP contribution in [0.4, 0.5) is 4.79 Å². The highest BCUT2D eigenvalue weighted by Gasteiger charge is 2.29. The van der Waals surface area contributed by atoms with E-state index in [2.05, 4.69) is 41.4 Å². The van der Waals surface area contributed by atoms with Crippen molar-refractivity contribution in [3.05, 3.63) is 41.3 Å². The van der Waals surface area contributed by atoms with E-state index in [-0.39, 0.29) is 12.0 Å². The zero-order chi connectivity index (χ0) is 19.4. The van der Waals surface area contributed by atoms with Crippen LogP contribution in [0.1, 0.15) is 56.5 Å². The van der Waals surface area contributed by atoms with Crippen LogP contribution < -0.4 is 0 Å². The Morgan fingerprint density at radius 3 is 2.52 bits per heavy atom. The lowest BCUT2D eigenvalue weighted by atomic mass is 9.97. The number of hydrogen-bond acceptors (Lipinski definition) is 6. The first kappa shape index (κ1) is 19.7. The summed E-state index contributed by atoms with van der Waals surface area (Å²) in [6.07, 6.45) is 1.37. The molecule has 1 aromatic carbocycles. The first-order chi connectivity index (χ1) is 12.8. The monoisotopic (exact) mass is 389 g/mol. The number of benzene rings is 1. The number of thioether (sulfide) groups is 1. The third kappa shape index (κ3) is 5.73. The van der Waals surface area contributed by atoms with Crippen molar-refractivity contribution >= 4 is 17.9 Å². The number of likely N-dealkylation sites (tertiary alicyclic amines) is 1. The Hall–Kier alpha value is -2.02. The first-order valence-electron chi connectivity index (χ1n) is 9.30. The van der Waals surface area contributed by atoms with Crippen LogP contribution in [0.25, 0.3) is 0 Å². The molecule has 1 aliphatic rings. The Balaban J connectivity index is 1.49. The van der Waals surface area contributed by atoms with E-state index in [0.717, 1.165) is 18.6 Å². The van der Waals surface area contributed by atoms with Gasteiger partial charge in [-0.2, -0.15) is 0 Å². The van der Waals surface area contributed by atoms with E-state index in [1.54, 1.807) is 16.7 Å². The van der Waals surface area contributed by atoms with E-state index in [4.69, 9.17) is 9.15 Å². The number of carbonyl (C=O) groups is 1. The minimum atomic E-state index is -0.468. The fourth-order valence-corrected chi connectivity index (χ4v) is 3.63. The number of carbonyl (C=O) groups excluding carboxylic acids is 1. The molecule has 27 heavy (non-hydrogen) atoms. The number of hydrogen-bond donors (Lipinski definition) is 0. The molecule has 2 heterocycles. The zero-order valence-corrected chi connectivity index (χ0v) is 17.2. The maximum absolute atomic E-state index is 12.2. The van der Waals surface area contributed by atoms with Gasteiger partial charge in [-0.3, -0.25) is 0 Å². The quantitative estimate of drug-likeness (QED) is 0.701. The number of rotatable bonds is 4. The molecule has 1 saturated heterocycles. The lowest BCUT2D eigenvalue weighted by molar-refractivity contribution is 0.0198. The van der Waals surface area contributed by atoms with Gasteiger partial charge in [-0.05, 0) is 46.1 Å². The molecule has 0 N–H and O–H groups in total. The van der Waals surface area contributed by atoms with E-state index >= 15 is 0 Å². The van der Waals surface area contributed by atoms with Crippen LogP contribution in [0.5, 0.6) is 0 Å². The number of aryl methyl sites for hydroxylation is 1. The summed E-state index contributed by atoms with van der Waals surface area (Å²) < 4.78 is 11.3. The standard InChI is InChI=1S/C20H27N3O3S/c1-14-5-7-15(8-6-14)13-27-18-22-21-17(25-18)16-9-11-23(12-10-16)19(24)26-20(2,3)4/h5-8,16H,9-13H2,1-4H3. The number of amides is 1. The van der Waals surface area contributed by atoms with Crippen LogP contribution in [-0.4, -0.2) is 39.9 Å². The topological polar surface area (TPSA) is 68.5 Å². The average Bonchev–Trinajstić information content (AvgIpc) is 3.09. The number of nitrogens with zero attached hydrogens (tertiary/aromatic N) is 3. The second kappa shape index (κ2) is 8.33. The Bertz CT molecular complexity index is 760. The van der Waals surface area contributed by atoms with Crippen LogP contribution in [0.3, 0.4) is 0 Å². The molecular formula is C20H27N3O3S. The molecule has 1 fully saturated rings. The number of aromatic nitrogens is 2. The van der Waals surface area contributed by atoms with Crippen LogP contribution in [0.15, 0.2) is 33.9 Å². The van der Waals surface area contributed by atoms with Crippen molar-refractivity contribution in [1.82, 2.24) is 15.1 Å². The van der Waals surface area contributed by atoms with Gasteiger partial charge in [-0.15, -0.1) is 10.2 Å². The van der Waals surface area contributed by atoms with E-state index in [0.29, 0.717) is 24.2 Å². The van der Waals surface area contributed by atoms with Crippen molar-refractivity contribution in [2.45, 2.75) is 63.0 Å². The summed E-state index contributed by atoms with van der Waals surface area (Å²) in [7, 11) is 0. The molecule has 146 valence electrons. The molecule has 0 saturated carbocycles. The molecule has 3 rings (SSSR count). The Labute approximate surface area is 164 Å². The Kier molecular flexibility index (Phi) is 6.09. The molecule has 0 radical (unpaired) electrons. The number of ether oxygens (including phenoxy) is 1. The number of piperidine rings is 1. The normalized spacial score (nSPS) is 15.8. The molecular weight excluding hydrogens is 362 g/mol. The maximum Gasteiger partial charge on any atom is 0.410 e. The molecule has 7 heteroatoms. The molecule has 0 aliphatic carbocycles. The summed E-state index contributed by atoms with van der Waals surface area (Å²) in [5.74, 6) is 1.68. The summed E-state index contributed by atoms with van der Waals surface area (Å²) in [6.45, 7) is 9.01. The van der Waals surface area contributed by atoms with Crippen molar-refractivity contribution in [3.8, 4) is 0 Å². The molecule has 0 spiro atoms. The van der Waals surface area contributed by atoms with Crippen molar-refractivity contribution in [3.63, 3.8) is 0 Å². The van der Waals surface area contributed by atoms with Crippen molar-refractivity contribution < 1.29 is 13.9 Å². The van der Waals surface area contributed by atoms with Crippen LogP contribution >= 0.6 is 11.8 Å². The molecule has 6 nitrogen and oxygen atoms in total. The highest BCUT2D eigenvalue weighted by Crippen LogP contribution is 2.30. The summed E-state index contributed by atoms with van der Waals surface area (Å²) >= 11 is 1.55. The van der Waals surface area contributed by atoms with E-state index in [1.165, 1.54) is 11.1 Å². The SMILES string of the molecule is Cc1ccc(CSc2nnc(C3CCN(C(=O)OC(C)(C)C)CC3)o2)cc1. The third-order valence-corrected chi connectivity index (χ3v) is 5.29. The van der Waals surface area contributed by atoms with Gasteiger partial charge in [0.05, 0.1) is 0 Å². The van der Waals surface area contributed by atoms with E-state index < -0.39 is 5.60 Å². The predicted octanol–water partition coefficient (Wildman–Crippen LogP) is 4.78. The summed E-state index contributed by atoms with van der Waals surface area (Å²) in [4.78, 5) is 13.9. The van der Waals surface area contributed by atoms with Crippen LogP contribution in [-0.2, 0) is 10.5 Å². The first-order valence-corrected chi connectivity index (χ1v) is 10.3. The minimum Gasteiger partial charge on any atom is -0.444 e. The van der Waals surface area contributed by atoms with Crippen LogP contribution in [0.2, 0.25) is 0 Å². The van der Waals surface area contributed by atoms with Gasteiger partial charge in [0.1, 0.15) is 5.60 Å².